The predicted octanol–water partition coefficient (Wildman–Crippen LogP) is 0.982. The average molecular weight is 334 g/mol. The summed E-state index contributed by atoms with van der Waals surface area (Å²) in [5.41, 5.74) is -0.152. The van der Waals surface area contributed by atoms with Gasteiger partial charge in [0.15, 0.2) is 0 Å². The molecular weight excluding hydrogens is 304 g/mol. The maximum atomic E-state index is 12.8. The summed E-state index contributed by atoms with van der Waals surface area (Å²) >= 11 is 0. The molecule has 0 aromatic rings. The van der Waals surface area contributed by atoms with Crippen LogP contribution < -0.4 is 5.32 Å². The maximum Gasteiger partial charge on any atom is 0.319 e. The van der Waals surface area contributed by atoms with E-state index in [9.17, 15) is 9.59 Å². The number of fused-ring (bicyclic) bond motifs is 1. The molecule has 0 aromatic carbocycles. The first-order chi connectivity index (χ1) is 11.5. The Kier molecular flexibility index (Phi) is 3.79. The molecule has 1 N–H and O–H groups in total. The Morgan fingerprint density at radius 1 is 1.21 bits per heavy atom. The van der Waals surface area contributed by atoms with Gasteiger partial charge in [-0.05, 0) is 38.0 Å². The van der Waals surface area contributed by atoms with Crippen LogP contribution in [0.3, 0.4) is 0 Å². The molecule has 4 aliphatic rings. The summed E-state index contributed by atoms with van der Waals surface area (Å²) in [6.07, 6.45) is 5.60. The van der Waals surface area contributed by atoms with Crippen LogP contribution in [0.2, 0.25) is 0 Å². The Morgan fingerprint density at radius 3 is 2.46 bits per heavy atom. The third kappa shape index (κ3) is 2.41. The summed E-state index contributed by atoms with van der Waals surface area (Å²) in [7, 11) is 3.62. The minimum Gasteiger partial charge on any atom is -0.356 e. The van der Waals surface area contributed by atoms with E-state index in [-0.39, 0.29) is 22.8 Å². The largest absolute Gasteiger partial charge is 0.356 e. The summed E-state index contributed by atoms with van der Waals surface area (Å²) in [6, 6.07) is 0.0996. The first-order valence-corrected chi connectivity index (χ1v) is 9.43. The lowest BCUT2D eigenvalue weighted by atomic mass is 9.60. The number of piperidine rings is 1. The van der Waals surface area contributed by atoms with E-state index in [4.69, 9.17) is 0 Å². The summed E-state index contributed by atoms with van der Waals surface area (Å²) in [5.74, 6) is 1.13. The molecular formula is C18H30N4O2. The van der Waals surface area contributed by atoms with Crippen molar-refractivity contribution in [1.29, 1.82) is 0 Å². The van der Waals surface area contributed by atoms with Crippen molar-refractivity contribution >= 4 is 11.9 Å². The zero-order valence-corrected chi connectivity index (χ0v) is 15.0. The molecule has 3 aliphatic heterocycles. The summed E-state index contributed by atoms with van der Waals surface area (Å²) in [6.45, 7) is 5.51. The number of carbonyl (C=O) groups is 2. The van der Waals surface area contributed by atoms with Crippen molar-refractivity contribution in [3.8, 4) is 0 Å². The highest BCUT2D eigenvalue weighted by atomic mass is 16.2. The molecule has 2 spiro atoms. The molecule has 3 heterocycles. The number of rotatable bonds is 2. The van der Waals surface area contributed by atoms with Crippen LogP contribution in [-0.4, -0.2) is 80.0 Å². The van der Waals surface area contributed by atoms with Gasteiger partial charge in [-0.1, -0.05) is 0 Å². The van der Waals surface area contributed by atoms with Crippen LogP contribution >= 0.6 is 0 Å². The predicted molar refractivity (Wildman–Crippen MR) is 91.5 cm³/mol. The van der Waals surface area contributed by atoms with Crippen LogP contribution in [0.4, 0.5) is 4.79 Å². The van der Waals surface area contributed by atoms with Gasteiger partial charge in [-0.2, -0.15) is 0 Å². The topological polar surface area (TPSA) is 55.9 Å². The Labute approximate surface area is 144 Å². The molecule has 1 aliphatic carbocycles. The summed E-state index contributed by atoms with van der Waals surface area (Å²) in [4.78, 5) is 31.2. The normalized spacial score (nSPS) is 32.6. The van der Waals surface area contributed by atoms with Gasteiger partial charge in [0.25, 0.3) is 0 Å². The molecule has 1 saturated carbocycles. The van der Waals surface area contributed by atoms with Crippen molar-refractivity contribution in [1.82, 2.24) is 20.0 Å². The highest BCUT2D eigenvalue weighted by Gasteiger charge is 2.63. The Bertz CT molecular complexity index is 537. The number of hydrogen-bond donors (Lipinski definition) is 1. The van der Waals surface area contributed by atoms with E-state index in [1.54, 1.807) is 4.90 Å². The fourth-order valence-corrected chi connectivity index (χ4v) is 5.35. The van der Waals surface area contributed by atoms with Gasteiger partial charge in [0, 0.05) is 58.8 Å². The van der Waals surface area contributed by atoms with Gasteiger partial charge in [-0.3, -0.25) is 4.79 Å². The first kappa shape index (κ1) is 16.2. The molecule has 6 heteroatoms. The summed E-state index contributed by atoms with van der Waals surface area (Å²) in [5, 5.41) is 3.11. The number of nitrogens with one attached hydrogen (secondary N) is 1. The van der Waals surface area contributed by atoms with E-state index in [0.717, 1.165) is 64.4 Å². The number of nitrogens with zero attached hydrogens (tertiary/aromatic N) is 3. The van der Waals surface area contributed by atoms with Gasteiger partial charge >= 0.3 is 6.03 Å². The molecule has 3 saturated heterocycles. The van der Waals surface area contributed by atoms with Crippen molar-refractivity contribution in [3.05, 3.63) is 0 Å². The van der Waals surface area contributed by atoms with Crippen LogP contribution in [0.5, 0.6) is 0 Å². The Hall–Kier alpha value is -1.30. The second-order valence-electron chi connectivity index (χ2n) is 8.65. The van der Waals surface area contributed by atoms with Crippen LogP contribution in [-0.2, 0) is 4.79 Å². The Balaban J connectivity index is 1.53. The van der Waals surface area contributed by atoms with E-state index >= 15 is 0 Å². The Morgan fingerprint density at radius 2 is 1.92 bits per heavy atom. The van der Waals surface area contributed by atoms with E-state index in [1.165, 1.54) is 12.8 Å². The third-order valence-electron chi connectivity index (χ3n) is 6.89. The first-order valence-electron chi connectivity index (χ1n) is 9.43. The van der Waals surface area contributed by atoms with Gasteiger partial charge < -0.3 is 20.0 Å². The monoisotopic (exact) mass is 334 g/mol. The minimum absolute atomic E-state index is 0.0611. The van der Waals surface area contributed by atoms with Crippen LogP contribution in [0, 0.1) is 16.7 Å². The van der Waals surface area contributed by atoms with E-state index in [0.29, 0.717) is 0 Å². The molecule has 0 unspecified atom stereocenters. The van der Waals surface area contributed by atoms with Crippen LogP contribution in [0.15, 0.2) is 0 Å². The van der Waals surface area contributed by atoms with Gasteiger partial charge in [-0.25, -0.2) is 4.79 Å². The molecule has 4 fully saturated rings. The second-order valence-corrected chi connectivity index (χ2v) is 8.65. The van der Waals surface area contributed by atoms with Gasteiger partial charge in [0.2, 0.25) is 5.91 Å². The van der Waals surface area contributed by atoms with Gasteiger partial charge in [-0.15, -0.1) is 0 Å². The van der Waals surface area contributed by atoms with Crippen molar-refractivity contribution in [2.24, 2.45) is 16.7 Å². The number of amides is 3. The van der Waals surface area contributed by atoms with Gasteiger partial charge in [0.1, 0.15) is 0 Å². The lowest BCUT2D eigenvalue weighted by Crippen LogP contribution is -2.54. The van der Waals surface area contributed by atoms with Crippen molar-refractivity contribution in [2.75, 3.05) is 53.4 Å². The van der Waals surface area contributed by atoms with E-state index < -0.39 is 0 Å². The third-order valence-corrected chi connectivity index (χ3v) is 6.89. The van der Waals surface area contributed by atoms with Gasteiger partial charge in [0.05, 0.1) is 5.41 Å². The molecule has 1 atom stereocenters. The van der Waals surface area contributed by atoms with Crippen LogP contribution in [0.1, 0.15) is 32.1 Å². The number of hydrogen-bond acceptors (Lipinski definition) is 3. The van der Waals surface area contributed by atoms with Crippen molar-refractivity contribution in [3.63, 3.8) is 0 Å². The lowest BCUT2D eigenvalue weighted by molar-refractivity contribution is -0.133. The molecule has 4 rings (SSSR count). The number of urea groups is 1. The molecule has 3 amide bonds. The molecule has 0 bridgehead atoms. The molecule has 24 heavy (non-hydrogen) atoms. The quantitative estimate of drug-likeness (QED) is 0.819. The summed E-state index contributed by atoms with van der Waals surface area (Å²) < 4.78 is 0. The minimum atomic E-state index is -0.213. The lowest BCUT2D eigenvalue weighted by Gasteiger charge is -2.47. The van der Waals surface area contributed by atoms with Crippen LogP contribution in [0.25, 0.3) is 0 Å². The highest BCUT2D eigenvalue weighted by molar-refractivity contribution is 5.86. The zero-order valence-electron chi connectivity index (χ0n) is 15.0. The van der Waals surface area contributed by atoms with Crippen molar-refractivity contribution in [2.45, 2.75) is 32.1 Å². The number of likely N-dealkylation sites (tertiary alicyclic amines) is 2. The molecule has 134 valence electrons. The molecule has 0 aromatic heterocycles. The maximum absolute atomic E-state index is 12.8. The fraction of sp³-hybridized carbons (Fsp3) is 0.889. The fourth-order valence-electron chi connectivity index (χ4n) is 5.35. The average Bonchev–Trinajstić information content (AvgIpc) is 3.22. The SMILES string of the molecule is CN(C)C(=O)N1CCC2(CC1)CN(CC1CC1)C[C@@]21CCNC1=O. The number of carbonyl (C=O) groups excluding carboxylic acids is 2. The second kappa shape index (κ2) is 5.61. The molecule has 6 nitrogen and oxygen atoms in total. The highest BCUT2D eigenvalue weighted by Crippen LogP contribution is 2.56. The van der Waals surface area contributed by atoms with E-state index in [2.05, 4.69) is 10.2 Å². The standard InChI is InChI=1S/C18H30N4O2/c1-20(2)16(24)22-9-6-17(7-10-22)12-21(11-14-3-4-14)13-18(17)5-8-19-15(18)23/h14H,3-13H2,1-2H3,(H,19,23)/t18-/m1/s1. The van der Waals surface area contributed by atoms with Crippen molar-refractivity contribution < 1.29 is 9.59 Å². The smallest absolute Gasteiger partial charge is 0.319 e. The molecule has 0 radical (unpaired) electrons. The van der Waals surface area contributed by atoms with E-state index in [1.807, 2.05) is 19.0 Å². The zero-order chi connectivity index (χ0) is 16.9.